The molecule has 124 valence electrons. The Bertz CT molecular complexity index is 856. The van der Waals surface area contributed by atoms with Gasteiger partial charge in [-0.25, -0.2) is 14.1 Å². The van der Waals surface area contributed by atoms with Crippen LogP contribution in [0.1, 0.15) is 10.5 Å². The Kier molecular flexibility index (Phi) is 4.21. The molecule has 2 N–H and O–H groups in total. The lowest BCUT2D eigenvalue weighted by atomic mass is 10.2. The highest BCUT2D eigenvalue weighted by Gasteiger charge is 2.31. The van der Waals surface area contributed by atoms with Crippen molar-refractivity contribution in [1.29, 1.82) is 0 Å². The fourth-order valence-electron chi connectivity index (χ4n) is 2.18. The minimum atomic E-state index is -0.877. The van der Waals surface area contributed by atoms with Gasteiger partial charge in [0.15, 0.2) is 17.3 Å². The van der Waals surface area contributed by atoms with Crippen molar-refractivity contribution >= 4 is 46.5 Å². The number of hydrogen-bond donors (Lipinski definition) is 2. The number of methoxy groups -OCH3 is 1. The Balaban J connectivity index is 2.26. The molecule has 2 aromatic heterocycles. The number of amides is 2. The number of aromatic hydroxyl groups is 1. The Morgan fingerprint density at radius 2 is 2.25 bits per heavy atom. The summed E-state index contributed by atoms with van der Waals surface area (Å²) in [6.45, 7) is 0.323. The maximum Gasteiger partial charge on any atom is 0.360 e. The van der Waals surface area contributed by atoms with Gasteiger partial charge in [0.2, 0.25) is 0 Å². The van der Waals surface area contributed by atoms with Crippen LogP contribution >= 0.6 is 11.9 Å². The molecule has 24 heavy (non-hydrogen) atoms. The van der Waals surface area contributed by atoms with Crippen LogP contribution in [0.15, 0.2) is 18.3 Å². The number of esters is 1. The summed E-state index contributed by atoms with van der Waals surface area (Å²) in [6.07, 6.45) is 1.43. The molecule has 2 aromatic rings. The summed E-state index contributed by atoms with van der Waals surface area (Å²) in [6, 6.07) is 3.18. The predicted octanol–water partition coefficient (Wildman–Crippen LogP) is 0.233. The predicted molar refractivity (Wildman–Crippen MR) is 85.5 cm³/mol. The van der Waals surface area contributed by atoms with Crippen LogP contribution in [0.3, 0.4) is 0 Å². The van der Waals surface area contributed by atoms with Crippen LogP contribution in [-0.4, -0.2) is 52.3 Å². The van der Waals surface area contributed by atoms with Gasteiger partial charge in [0, 0.05) is 23.9 Å². The Morgan fingerprint density at radius 3 is 3.00 bits per heavy atom. The molecule has 0 radical (unpaired) electrons. The molecule has 1 aliphatic rings. The van der Waals surface area contributed by atoms with Gasteiger partial charge in [-0.1, -0.05) is 0 Å². The number of rotatable bonds is 2. The van der Waals surface area contributed by atoms with Gasteiger partial charge in [-0.05, 0) is 24.1 Å². The maximum absolute atomic E-state index is 12.3. The summed E-state index contributed by atoms with van der Waals surface area (Å²) < 4.78 is 5.70. The molecule has 2 amide bonds. The highest BCUT2D eigenvalue weighted by atomic mass is 32.2. The molecular weight excluding hydrogens is 336 g/mol. The number of nitrogens with one attached hydrogen (secondary N) is 1. The monoisotopic (exact) mass is 348 g/mol. The molecule has 0 spiro atoms. The van der Waals surface area contributed by atoms with Crippen molar-refractivity contribution in [2.75, 3.05) is 23.7 Å². The van der Waals surface area contributed by atoms with Crippen molar-refractivity contribution in [3.8, 4) is 5.75 Å². The van der Waals surface area contributed by atoms with E-state index in [9.17, 15) is 19.5 Å². The van der Waals surface area contributed by atoms with Gasteiger partial charge in [-0.2, -0.15) is 0 Å². The van der Waals surface area contributed by atoms with Crippen molar-refractivity contribution < 1.29 is 24.2 Å². The molecule has 0 atom stereocenters. The van der Waals surface area contributed by atoms with Crippen LogP contribution in [0.4, 0.5) is 5.82 Å². The Hall–Kier alpha value is -2.88. The summed E-state index contributed by atoms with van der Waals surface area (Å²) in [5.74, 6) is -2.43. The van der Waals surface area contributed by atoms with Gasteiger partial charge >= 0.3 is 17.8 Å². The average Bonchev–Trinajstić information content (AvgIpc) is 2.77. The lowest BCUT2D eigenvalue weighted by Gasteiger charge is -2.19. The van der Waals surface area contributed by atoms with E-state index in [-0.39, 0.29) is 17.0 Å². The van der Waals surface area contributed by atoms with Crippen LogP contribution in [0, 0.1) is 0 Å². The molecule has 0 bridgehead atoms. The van der Waals surface area contributed by atoms with Crippen molar-refractivity contribution in [3.63, 3.8) is 0 Å². The lowest BCUT2D eigenvalue weighted by Crippen LogP contribution is -2.37. The van der Waals surface area contributed by atoms with Crippen molar-refractivity contribution in [2.45, 2.75) is 0 Å². The van der Waals surface area contributed by atoms with Crippen molar-refractivity contribution in [1.82, 2.24) is 15.3 Å². The lowest BCUT2D eigenvalue weighted by molar-refractivity contribution is -0.136. The molecular formula is C14H12N4O5S. The van der Waals surface area contributed by atoms with Crippen molar-refractivity contribution in [2.24, 2.45) is 0 Å². The summed E-state index contributed by atoms with van der Waals surface area (Å²) >= 11 is 1.07. The third kappa shape index (κ3) is 2.60. The number of pyridine rings is 2. The van der Waals surface area contributed by atoms with E-state index in [1.54, 1.807) is 12.1 Å². The fraction of sp³-hybridized carbons (Fsp3) is 0.214. The standard InChI is InChI=1S/C14H12N4O5S/c1-23-14(22)9-10(19)8-7(3-2-4-15-8)11(17-9)18-13(21)12(20)16-5-6-24-18/h2-4,19H,5-6H2,1H3,(H,16,20). The molecule has 10 heteroatoms. The zero-order valence-corrected chi connectivity index (χ0v) is 13.3. The molecule has 9 nitrogen and oxygen atoms in total. The maximum atomic E-state index is 12.3. The first-order valence-electron chi connectivity index (χ1n) is 6.85. The number of carbonyl (C=O) groups excluding carboxylic acids is 3. The van der Waals surface area contributed by atoms with Crippen LogP contribution < -0.4 is 9.62 Å². The highest BCUT2D eigenvalue weighted by Crippen LogP contribution is 2.35. The van der Waals surface area contributed by atoms with Gasteiger partial charge in [0.25, 0.3) is 0 Å². The van der Waals surface area contributed by atoms with Crippen LogP contribution in [-0.2, 0) is 14.3 Å². The molecule has 3 heterocycles. The van der Waals surface area contributed by atoms with Gasteiger partial charge in [-0.3, -0.25) is 14.6 Å². The first kappa shape index (κ1) is 16.0. The van der Waals surface area contributed by atoms with E-state index in [4.69, 9.17) is 0 Å². The third-order valence-corrected chi connectivity index (χ3v) is 4.26. The molecule has 0 aliphatic carbocycles. The number of fused-ring (bicyclic) bond motifs is 1. The summed E-state index contributed by atoms with van der Waals surface area (Å²) in [7, 11) is 1.14. The van der Waals surface area contributed by atoms with E-state index in [0.717, 1.165) is 23.4 Å². The first-order chi connectivity index (χ1) is 11.5. The van der Waals surface area contributed by atoms with Gasteiger partial charge in [0.05, 0.1) is 7.11 Å². The number of hydrogen-bond acceptors (Lipinski definition) is 8. The second-order valence-electron chi connectivity index (χ2n) is 4.71. The van der Waals surface area contributed by atoms with E-state index < -0.39 is 23.5 Å². The SMILES string of the molecule is COC(=O)c1nc(N2SCCNC(=O)C2=O)c2cccnc2c1O. The van der Waals surface area contributed by atoms with E-state index in [1.807, 2.05) is 0 Å². The summed E-state index contributed by atoms with van der Waals surface area (Å²) in [5.41, 5.74) is -0.294. The topological polar surface area (TPSA) is 122 Å². The Morgan fingerprint density at radius 1 is 1.46 bits per heavy atom. The van der Waals surface area contributed by atoms with Crippen LogP contribution in [0.25, 0.3) is 10.9 Å². The molecule has 3 rings (SSSR count). The quantitative estimate of drug-likeness (QED) is 0.449. The van der Waals surface area contributed by atoms with Gasteiger partial charge in [0.1, 0.15) is 5.52 Å². The largest absolute Gasteiger partial charge is 0.504 e. The molecule has 1 saturated heterocycles. The van der Waals surface area contributed by atoms with Gasteiger partial charge in [-0.15, -0.1) is 0 Å². The smallest absolute Gasteiger partial charge is 0.360 e. The number of anilines is 1. The first-order valence-corrected chi connectivity index (χ1v) is 7.80. The number of nitrogens with zero attached hydrogens (tertiary/aromatic N) is 3. The highest BCUT2D eigenvalue weighted by molar-refractivity contribution is 8.01. The molecule has 0 saturated carbocycles. The third-order valence-electron chi connectivity index (χ3n) is 3.27. The van der Waals surface area contributed by atoms with Gasteiger partial charge < -0.3 is 15.2 Å². The molecule has 0 aromatic carbocycles. The zero-order chi connectivity index (χ0) is 17.3. The second kappa shape index (κ2) is 6.32. The van der Waals surface area contributed by atoms with Crippen LogP contribution in [0.5, 0.6) is 5.75 Å². The molecule has 1 fully saturated rings. The number of ether oxygens (including phenoxy) is 1. The zero-order valence-electron chi connectivity index (χ0n) is 12.5. The van der Waals surface area contributed by atoms with Crippen molar-refractivity contribution in [3.05, 3.63) is 24.0 Å². The normalized spacial score (nSPS) is 15.1. The molecule has 1 aliphatic heterocycles. The van der Waals surface area contributed by atoms with Crippen LogP contribution in [0.2, 0.25) is 0 Å². The minimum Gasteiger partial charge on any atom is -0.504 e. The minimum absolute atomic E-state index is 0.0448. The van der Waals surface area contributed by atoms with E-state index in [2.05, 4.69) is 20.0 Å². The fourth-order valence-corrected chi connectivity index (χ4v) is 3.02. The number of aromatic nitrogens is 2. The average molecular weight is 348 g/mol. The van der Waals surface area contributed by atoms with E-state index in [1.165, 1.54) is 6.20 Å². The van der Waals surface area contributed by atoms with E-state index in [0.29, 0.717) is 17.7 Å². The summed E-state index contributed by atoms with van der Waals surface area (Å²) in [5, 5.41) is 13.0. The second-order valence-corrected chi connectivity index (χ2v) is 5.74. The Labute approximate surface area is 140 Å². The molecule has 0 unspecified atom stereocenters. The number of carbonyl (C=O) groups is 3. The summed E-state index contributed by atoms with van der Waals surface area (Å²) in [4.78, 5) is 44.0. The van der Waals surface area contributed by atoms with E-state index >= 15 is 0 Å².